The third-order valence-electron chi connectivity index (χ3n) is 2.22. The summed E-state index contributed by atoms with van der Waals surface area (Å²) >= 11 is 3.05. The van der Waals surface area contributed by atoms with Crippen molar-refractivity contribution in [2.24, 2.45) is 7.05 Å². The summed E-state index contributed by atoms with van der Waals surface area (Å²) in [5.74, 6) is 1.27. The van der Waals surface area contributed by atoms with Crippen LogP contribution in [0.15, 0.2) is 26.2 Å². The minimum absolute atomic E-state index is 0.0224. The highest BCUT2D eigenvalue weighted by Crippen LogP contribution is 2.18. The number of hydrogen-bond acceptors (Lipinski definition) is 5. The van der Waals surface area contributed by atoms with Gasteiger partial charge in [-0.05, 0) is 35.0 Å². The van der Waals surface area contributed by atoms with E-state index in [9.17, 15) is 8.42 Å². The predicted octanol–water partition coefficient (Wildman–Crippen LogP) is 0.958. The van der Waals surface area contributed by atoms with Gasteiger partial charge in [0, 0.05) is 7.05 Å². The summed E-state index contributed by atoms with van der Waals surface area (Å²) in [5, 5.41) is 7.22. The molecular weight excluding hydrogens is 324 g/mol. The van der Waals surface area contributed by atoms with Gasteiger partial charge in [-0.2, -0.15) is 0 Å². The Morgan fingerprint density at radius 1 is 1.50 bits per heavy atom. The smallest absolute Gasteiger partial charge is 0.260 e. The Morgan fingerprint density at radius 2 is 2.22 bits per heavy atom. The summed E-state index contributed by atoms with van der Waals surface area (Å²) < 4.78 is 33.1. The van der Waals surface area contributed by atoms with E-state index in [4.69, 9.17) is 4.42 Å². The van der Waals surface area contributed by atoms with E-state index < -0.39 is 10.0 Å². The molecular formula is C9H11BrN4O3S. The van der Waals surface area contributed by atoms with Crippen LogP contribution in [-0.2, 0) is 23.6 Å². The normalized spacial score (nSPS) is 11.9. The standard InChI is InChI=1S/C9H11BrN4O3S/c1-6-3-4-7(17-6)5-11-18(15,16)9-8(10)12-13-14(9)2/h3-4,11H,5H2,1-2H3. The van der Waals surface area contributed by atoms with E-state index in [1.165, 1.54) is 11.7 Å². The fourth-order valence-corrected chi connectivity index (χ4v) is 3.51. The third-order valence-corrected chi connectivity index (χ3v) is 4.51. The molecule has 0 spiro atoms. The Morgan fingerprint density at radius 3 is 2.72 bits per heavy atom. The van der Waals surface area contributed by atoms with E-state index in [2.05, 4.69) is 31.0 Å². The molecule has 0 aliphatic heterocycles. The topological polar surface area (TPSA) is 90.0 Å². The maximum absolute atomic E-state index is 12.0. The van der Waals surface area contributed by atoms with Crippen LogP contribution < -0.4 is 4.72 Å². The molecule has 0 bridgehead atoms. The Balaban J connectivity index is 2.18. The van der Waals surface area contributed by atoms with Crippen molar-refractivity contribution in [2.75, 3.05) is 0 Å². The van der Waals surface area contributed by atoms with Crippen LogP contribution in [0.3, 0.4) is 0 Å². The Labute approximate surface area is 112 Å². The predicted molar refractivity (Wildman–Crippen MR) is 66.2 cm³/mol. The van der Waals surface area contributed by atoms with Crippen LogP contribution in [0.4, 0.5) is 0 Å². The van der Waals surface area contributed by atoms with Crippen LogP contribution in [-0.4, -0.2) is 23.4 Å². The number of hydrogen-bond donors (Lipinski definition) is 1. The van der Waals surface area contributed by atoms with Crippen molar-refractivity contribution < 1.29 is 12.8 Å². The molecule has 2 heterocycles. The molecule has 0 saturated heterocycles. The number of nitrogens with zero attached hydrogens (tertiary/aromatic N) is 3. The molecule has 1 N–H and O–H groups in total. The molecule has 0 aromatic carbocycles. The van der Waals surface area contributed by atoms with E-state index in [0.29, 0.717) is 5.76 Å². The highest BCUT2D eigenvalue weighted by Gasteiger charge is 2.23. The zero-order valence-electron chi connectivity index (χ0n) is 9.71. The number of nitrogens with one attached hydrogen (secondary N) is 1. The first-order chi connectivity index (χ1) is 8.40. The molecule has 0 aliphatic carbocycles. The number of aromatic nitrogens is 3. The van der Waals surface area contributed by atoms with Crippen LogP contribution in [0.5, 0.6) is 0 Å². The molecule has 2 aromatic rings. The van der Waals surface area contributed by atoms with Gasteiger partial charge in [-0.15, -0.1) is 5.10 Å². The van der Waals surface area contributed by atoms with Gasteiger partial charge in [0.25, 0.3) is 10.0 Å². The second kappa shape index (κ2) is 4.82. The largest absolute Gasteiger partial charge is 0.465 e. The van der Waals surface area contributed by atoms with Crippen molar-refractivity contribution in [2.45, 2.75) is 18.5 Å². The molecule has 0 aliphatic rings. The molecule has 7 nitrogen and oxygen atoms in total. The number of halogens is 1. The number of aryl methyl sites for hydroxylation is 2. The molecule has 18 heavy (non-hydrogen) atoms. The lowest BCUT2D eigenvalue weighted by atomic mass is 10.4. The van der Waals surface area contributed by atoms with Gasteiger partial charge in [0.1, 0.15) is 11.5 Å². The van der Waals surface area contributed by atoms with Crippen LogP contribution in [0.1, 0.15) is 11.5 Å². The van der Waals surface area contributed by atoms with E-state index in [1.54, 1.807) is 19.1 Å². The number of furan rings is 1. The van der Waals surface area contributed by atoms with E-state index in [-0.39, 0.29) is 16.2 Å². The van der Waals surface area contributed by atoms with E-state index in [1.807, 2.05) is 0 Å². The van der Waals surface area contributed by atoms with Crippen LogP contribution >= 0.6 is 15.9 Å². The molecule has 2 rings (SSSR count). The van der Waals surface area contributed by atoms with Crippen LogP contribution in [0.25, 0.3) is 0 Å². The van der Waals surface area contributed by atoms with Crippen molar-refractivity contribution in [3.8, 4) is 0 Å². The maximum Gasteiger partial charge on any atom is 0.260 e. The highest BCUT2D eigenvalue weighted by molar-refractivity contribution is 9.10. The van der Waals surface area contributed by atoms with Crippen molar-refractivity contribution in [1.29, 1.82) is 0 Å². The highest BCUT2D eigenvalue weighted by atomic mass is 79.9. The first kappa shape index (κ1) is 13.2. The molecule has 0 unspecified atom stereocenters. The minimum atomic E-state index is -3.69. The lowest BCUT2D eigenvalue weighted by Crippen LogP contribution is -2.25. The number of rotatable bonds is 4. The van der Waals surface area contributed by atoms with E-state index in [0.717, 1.165) is 5.76 Å². The second-order valence-corrected chi connectivity index (χ2v) is 6.08. The van der Waals surface area contributed by atoms with Crippen molar-refractivity contribution in [3.63, 3.8) is 0 Å². The molecule has 0 atom stereocenters. The summed E-state index contributed by atoms with van der Waals surface area (Å²) in [5.41, 5.74) is 0. The quantitative estimate of drug-likeness (QED) is 0.899. The van der Waals surface area contributed by atoms with Gasteiger partial charge < -0.3 is 4.42 Å². The van der Waals surface area contributed by atoms with Gasteiger partial charge in [-0.3, -0.25) is 0 Å². The van der Waals surface area contributed by atoms with Crippen molar-refractivity contribution in [1.82, 2.24) is 19.7 Å². The van der Waals surface area contributed by atoms with Crippen LogP contribution in [0.2, 0.25) is 0 Å². The van der Waals surface area contributed by atoms with Gasteiger partial charge in [0.15, 0.2) is 4.60 Å². The monoisotopic (exact) mass is 334 g/mol. The average Bonchev–Trinajstić information content (AvgIpc) is 2.83. The zero-order chi connectivity index (χ0) is 13.3. The average molecular weight is 335 g/mol. The molecule has 2 aromatic heterocycles. The summed E-state index contributed by atoms with van der Waals surface area (Å²) in [6, 6.07) is 3.49. The minimum Gasteiger partial charge on any atom is -0.465 e. The summed E-state index contributed by atoms with van der Waals surface area (Å²) in [6.07, 6.45) is 0. The summed E-state index contributed by atoms with van der Waals surface area (Å²) in [6.45, 7) is 1.87. The van der Waals surface area contributed by atoms with E-state index >= 15 is 0 Å². The van der Waals surface area contributed by atoms with Crippen molar-refractivity contribution in [3.05, 3.63) is 28.3 Å². The third kappa shape index (κ3) is 2.62. The Hall–Kier alpha value is -1.19. The molecule has 0 fully saturated rings. The fourth-order valence-electron chi connectivity index (χ4n) is 1.42. The lowest BCUT2D eigenvalue weighted by Gasteiger charge is -2.05. The first-order valence-corrected chi connectivity index (χ1v) is 7.28. The van der Waals surface area contributed by atoms with Gasteiger partial charge in [0.05, 0.1) is 6.54 Å². The molecule has 98 valence electrons. The molecule has 0 amide bonds. The van der Waals surface area contributed by atoms with Gasteiger partial charge in [-0.25, -0.2) is 17.8 Å². The van der Waals surface area contributed by atoms with Crippen LogP contribution in [0, 0.1) is 6.92 Å². The lowest BCUT2D eigenvalue weighted by molar-refractivity contribution is 0.474. The SMILES string of the molecule is Cc1ccc(CNS(=O)(=O)c2c(Br)nnn2C)o1. The summed E-state index contributed by atoms with van der Waals surface area (Å²) in [7, 11) is -2.18. The second-order valence-electron chi connectivity index (χ2n) is 3.65. The molecule has 0 saturated carbocycles. The zero-order valence-corrected chi connectivity index (χ0v) is 12.1. The number of sulfonamides is 1. The van der Waals surface area contributed by atoms with Gasteiger partial charge in [0.2, 0.25) is 5.03 Å². The molecule has 0 radical (unpaired) electrons. The fraction of sp³-hybridized carbons (Fsp3) is 0.333. The Kier molecular flexibility index (Phi) is 3.55. The molecule has 9 heteroatoms. The maximum atomic E-state index is 12.0. The van der Waals surface area contributed by atoms with Gasteiger partial charge in [-0.1, -0.05) is 5.21 Å². The van der Waals surface area contributed by atoms with Crippen molar-refractivity contribution >= 4 is 26.0 Å². The summed E-state index contributed by atoms with van der Waals surface area (Å²) in [4.78, 5) is 0. The first-order valence-electron chi connectivity index (χ1n) is 5.00. The Bertz CT molecular complexity index is 642. The van der Waals surface area contributed by atoms with Gasteiger partial charge >= 0.3 is 0 Å².